The van der Waals surface area contributed by atoms with Crippen LogP contribution < -0.4 is 4.74 Å². The first-order valence-electron chi connectivity index (χ1n) is 8.68. The number of nitrogens with zero attached hydrogens (tertiary/aromatic N) is 1. The van der Waals surface area contributed by atoms with Gasteiger partial charge >= 0.3 is 5.97 Å². The van der Waals surface area contributed by atoms with Crippen LogP contribution in [0.3, 0.4) is 0 Å². The Morgan fingerprint density at radius 2 is 1.96 bits per heavy atom. The van der Waals surface area contributed by atoms with Crippen molar-refractivity contribution in [2.24, 2.45) is 5.92 Å². The third-order valence-electron chi connectivity index (χ3n) is 3.55. The number of esters is 1. The van der Waals surface area contributed by atoms with E-state index in [2.05, 4.69) is 0 Å². The summed E-state index contributed by atoms with van der Waals surface area (Å²) in [5.74, 6) is -0.00445. The SMILES string of the molecule is CCCN(CC(C)C(=O)OC)C(=O)/C=C/c1cccc(OC(C)C)c1. The molecule has 0 radical (unpaired) electrons. The molecule has 0 aliphatic carbocycles. The van der Waals surface area contributed by atoms with Crippen molar-refractivity contribution in [2.75, 3.05) is 20.2 Å². The fraction of sp³-hybridized carbons (Fsp3) is 0.500. The van der Waals surface area contributed by atoms with Crippen molar-refractivity contribution >= 4 is 18.0 Å². The Labute approximate surface area is 150 Å². The number of carbonyl (C=O) groups is 2. The summed E-state index contributed by atoms with van der Waals surface area (Å²) in [4.78, 5) is 25.7. The van der Waals surface area contributed by atoms with Crippen LogP contribution in [0.4, 0.5) is 0 Å². The Morgan fingerprint density at radius 1 is 1.24 bits per heavy atom. The predicted molar refractivity (Wildman–Crippen MR) is 99.3 cm³/mol. The normalized spacial score (nSPS) is 12.2. The molecular formula is C20H29NO4. The number of amides is 1. The molecule has 0 saturated heterocycles. The van der Waals surface area contributed by atoms with Crippen molar-refractivity contribution in [1.82, 2.24) is 4.90 Å². The number of methoxy groups -OCH3 is 1. The summed E-state index contributed by atoms with van der Waals surface area (Å²) < 4.78 is 10.4. The number of rotatable bonds is 9. The Balaban J connectivity index is 2.78. The molecule has 5 heteroatoms. The van der Waals surface area contributed by atoms with Gasteiger partial charge in [-0.2, -0.15) is 0 Å². The molecule has 1 amide bonds. The van der Waals surface area contributed by atoms with E-state index in [4.69, 9.17) is 9.47 Å². The Morgan fingerprint density at radius 3 is 2.56 bits per heavy atom. The maximum Gasteiger partial charge on any atom is 0.310 e. The van der Waals surface area contributed by atoms with Gasteiger partial charge in [0, 0.05) is 19.2 Å². The van der Waals surface area contributed by atoms with E-state index in [9.17, 15) is 9.59 Å². The van der Waals surface area contributed by atoms with Crippen LogP contribution in [0.5, 0.6) is 5.75 Å². The molecule has 138 valence electrons. The van der Waals surface area contributed by atoms with Crippen molar-refractivity contribution in [3.63, 3.8) is 0 Å². The van der Waals surface area contributed by atoms with Crippen molar-refractivity contribution in [2.45, 2.75) is 40.2 Å². The number of benzene rings is 1. The van der Waals surface area contributed by atoms with Gasteiger partial charge < -0.3 is 14.4 Å². The molecule has 1 unspecified atom stereocenters. The molecule has 0 aliphatic rings. The van der Waals surface area contributed by atoms with Crippen molar-refractivity contribution in [3.8, 4) is 5.75 Å². The van der Waals surface area contributed by atoms with E-state index in [0.717, 1.165) is 17.7 Å². The van der Waals surface area contributed by atoms with E-state index in [-0.39, 0.29) is 23.9 Å². The van der Waals surface area contributed by atoms with Crippen molar-refractivity contribution in [1.29, 1.82) is 0 Å². The minimum Gasteiger partial charge on any atom is -0.491 e. The summed E-state index contributed by atoms with van der Waals surface area (Å²) in [5, 5.41) is 0. The zero-order chi connectivity index (χ0) is 18.8. The minimum atomic E-state index is -0.350. The molecule has 0 aliphatic heterocycles. The summed E-state index contributed by atoms with van der Waals surface area (Å²) in [7, 11) is 1.36. The average molecular weight is 347 g/mol. The lowest BCUT2D eigenvalue weighted by Crippen LogP contribution is -2.36. The lowest BCUT2D eigenvalue weighted by Gasteiger charge is -2.23. The van der Waals surface area contributed by atoms with Crippen LogP contribution in [0, 0.1) is 5.92 Å². The van der Waals surface area contributed by atoms with Gasteiger partial charge in [0.1, 0.15) is 5.75 Å². The van der Waals surface area contributed by atoms with Crippen LogP contribution in [-0.4, -0.2) is 43.1 Å². The highest BCUT2D eigenvalue weighted by Gasteiger charge is 2.19. The standard InChI is InChI=1S/C20H29NO4/c1-6-12-21(14-16(4)20(23)24-5)19(22)11-10-17-8-7-9-18(13-17)25-15(2)3/h7-11,13,15-16H,6,12,14H2,1-5H3/b11-10+. The third-order valence-corrected chi connectivity index (χ3v) is 3.55. The lowest BCUT2D eigenvalue weighted by atomic mass is 10.1. The quantitative estimate of drug-likeness (QED) is 0.506. The Hall–Kier alpha value is -2.30. The molecule has 0 heterocycles. The number of hydrogen-bond acceptors (Lipinski definition) is 4. The van der Waals surface area contributed by atoms with Crippen LogP contribution in [0.15, 0.2) is 30.3 Å². The van der Waals surface area contributed by atoms with Crippen LogP contribution in [-0.2, 0) is 14.3 Å². The zero-order valence-corrected chi connectivity index (χ0v) is 15.8. The molecule has 0 N–H and O–H groups in total. The fourth-order valence-corrected chi connectivity index (χ4v) is 2.40. The van der Waals surface area contributed by atoms with Gasteiger partial charge in [0.05, 0.1) is 19.1 Å². The maximum absolute atomic E-state index is 12.5. The molecule has 0 bridgehead atoms. The number of carbonyl (C=O) groups excluding carboxylic acids is 2. The van der Waals surface area contributed by atoms with Gasteiger partial charge in [0.2, 0.25) is 5.91 Å². The molecule has 1 atom stereocenters. The molecule has 0 fully saturated rings. The molecular weight excluding hydrogens is 318 g/mol. The number of ether oxygens (including phenoxy) is 2. The summed E-state index contributed by atoms with van der Waals surface area (Å²) >= 11 is 0. The van der Waals surface area contributed by atoms with E-state index in [1.54, 1.807) is 17.9 Å². The maximum atomic E-state index is 12.5. The van der Waals surface area contributed by atoms with Crippen LogP contribution in [0.1, 0.15) is 39.7 Å². The van der Waals surface area contributed by atoms with Crippen LogP contribution in [0.2, 0.25) is 0 Å². The molecule has 0 saturated carbocycles. The highest BCUT2D eigenvalue weighted by atomic mass is 16.5. The highest BCUT2D eigenvalue weighted by Crippen LogP contribution is 2.16. The van der Waals surface area contributed by atoms with Crippen LogP contribution >= 0.6 is 0 Å². The third kappa shape index (κ3) is 7.42. The van der Waals surface area contributed by atoms with E-state index < -0.39 is 0 Å². The van der Waals surface area contributed by atoms with E-state index in [1.165, 1.54) is 13.2 Å². The predicted octanol–water partition coefficient (Wildman–Crippen LogP) is 3.53. The van der Waals surface area contributed by atoms with Gasteiger partial charge in [0.25, 0.3) is 0 Å². The topological polar surface area (TPSA) is 55.8 Å². The first-order chi connectivity index (χ1) is 11.9. The largest absolute Gasteiger partial charge is 0.491 e. The Kier molecular flexibility index (Phi) is 8.75. The van der Waals surface area contributed by atoms with Gasteiger partial charge in [0.15, 0.2) is 0 Å². The first-order valence-corrected chi connectivity index (χ1v) is 8.68. The summed E-state index contributed by atoms with van der Waals surface area (Å²) in [6, 6.07) is 7.59. The van der Waals surface area contributed by atoms with Gasteiger partial charge in [-0.25, -0.2) is 0 Å². The van der Waals surface area contributed by atoms with E-state index in [1.807, 2.05) is 45.0 Å². The molecule has 5 nitrogen and oxygen atoms in total. The monoisotopic (exact) mass is 347 g/mol. The van der Waals surface area contributed by atoms with Crippen molar-refractivity contribution in [3.05, 3.63) is 35.9 Å². The first kappa shape index (κ1) is 20.7. The second kappa shape index (κ2) is 10.5. The van der Waals surface area contributed by atoms with E-state index >= 15 is 0 Å². The highest BCUT2D eigenvalue weighted by molar-refractivity contribution is 5.92. The zero-order valence-electron chi connectivity index (χ0n) is 15.8. The van der Waals surface area contributed by atoms with Crippen molar-refractivity contribution < 1.29 is 19.1 Å². The minimum absolute atomic E-state index is 0.0979. The van der Waals surface area contributed by atoms with Gasteiger partial charge in [-0.15, -0.1) is 0 Å². The van der Waals surface area contributed by atoms with E-state index in [0.29, 0.717) is 13.1 Å². The molecule has 1 aromatic rings. The molecule has 0 spiro atoms. The summed E-state index contributed by atoms with van der Waals surface area (Å²) in [6.07, 6.45) is 4.22. The second-order valence-corrected chi connectivity index (χ2v) is 6.28. The molecule has 1 rings (SSSR count). The number of hydrogen-bond donors (Lipinski definition) is 0. The molecule has 1 aromatic carbocycles. The second-order valence-electron chi connectivity index (χ2n) is 6.28. The lowest BCUT2D eigenvalue weighted by molar-refractivity contribution is -0.146. The fourth-order valence-electron chi connectivity index (χ4n) is 2.40. The molecule has 0 aromatic heterocycles. The summed E-state index contributed by atoms with van der Waals surface area (Å²) in [6.45, 7) is 8.65. The summed E-state index contributed by atoms with van der Waals surface area (Å²) in [5.41, 5.74) is 0.893. The molecule has 25 heavy (non-hydrogen) atoms. The average Bonchev–Trinajstić information content (AvgIpc) is 2.58. The van der Waals surface area contributed by atoms with Crippen LogP contribution in [0.25, 0.3) is 6.08 Å². The smallest absolute Gasteiger partial charge is 0.310 e. The van der Waals surface area contributed by atoms with Gasteiger partial charge in [-0.3, -0.25) is 9.59 Å². The van der Waals surface area contributed by atoms with Gasteiger partial charge in [-0.05, 0) is 44.0 Å². The van der Waals surface area contributed by atoms with Gasteiger partial charge in [-0.1, -0.05) is 26.0 Å². The Bertz CT molecular complexity index is 595.